The molecule has 4 aromatic heterocycles. The van der Waals surface area contributed by atoms with Gasteiger partial charge in [0, 0.05) is 16.3 Å². The zero-order valence-electron chi connectivity index (χ0n) is 33.9. The summed E-state index contributed by atoms with van der Waals surface area (Å²) in [7, 11) is -8.96. The highest BCUT2D eigenvalue weighted by Crippen LogP contribution is 2.38. The fraction of sp³-hybridized carbons (Fsp3) is 0.0208. The van der Waals surface area contributed by atoms with E-state index in [1.165, 1.54) is 18.2 Å². The summed E-state index contributed by atoms with van der Waals surface area (Å²) in [5.74, 6) is -0.215. The fourth-order valence-electron chi connectivity index (χ4n) is 8.64. The van der Waals surface area contributed by atoms with Gasteiger partial charge in [0.1, 0.15) is 27.0 Å². The molecular formula is C48H32N8O7S2. The molecule has 0 bridgehead atoms. The first-order valence-corrected chi connectivity index (χ1v) is 23.1. The lowest BCUT2D eigenvalue weighted by Crippen LogP contribution is -2.06. The highest BCUT2D eigenvalue weighted by molar-refractivity contribution is 7.86. The van der Waals surface area contributed by atoms with Crippen molar-refractivity contribution in [3.8, 4) is 11.4 Å². The van der Waals surface area contributed by atoms with Crippen molar-refractivity contribution in [1.82, 2.24) is 28.1 Å². The van der Waals surface area contributed by atoms with E-state index in [4.69, 9.17) is 0 Å². The molecule has 15 nitrogen and oxygen atoms in total. The molecule has 0 aliphatic rings. The van der Waals surface area contributed by atoms with Crippen LogP contribution in [0, 0.1) is 6.92 Å². The van der Waals surface area contributed by atoms with E-state index in [1.807, 2.05) is 102 Å². The molecule has 4 heterocycles. The van der Waals surface area contributed by atoms with E-state index in [0.29, 0.717) is 44.8 Å². The number of hydrogen-bond donors (Lipinski definition) is 2. The Balaban J connectivity index is 0.831. The van der Waals surface area contributed by atoms with Gasteiger partial charge in [-0.05, 0) is 95.1 Å². The molecule has 8 aromatic carbocycles. The number of carbonyl (C=O) groups is 1. The van der Waals surface area contributed by atoms with Gasteiger partial charge in [-0.15, -0.1) is 23.3 Å². The molecule has 0 saturated carbocycles. The largest absolute Gasteiger partial charge is 0.295 e. The number of carbonyl (C=O) groups excluding carboxylic acids is 1. The van der Waals surface area contributed by atoms with Crippen LogP contribution in [0.5, 0.6) is 0 Å². The van der Waals surface area contributed by atoms with Crippen molar-refractivity contribution >= 4 is 93.2 Å². The van der Waals surface area contributed by atoms with Gasteiger partial charge in [0.05, 0.1) is 33.2 Å². The van der Waals surface area contributed by atoms with Crippen LogP contribution in [0.4, 0.5) is 11.4 Å². The Morgan fingerprint density at radius 1 is 0.585 bits per heavy atom. The molecule has 17 heteroatoms. The summed E-state index contributed by atoms with van der Waals surface area (Å²) in [6.45, 7) is 1.88. The number of fused-ring (bicyclic) bond motifs is 12. The van der Waals surface area contributed by atoms with Crippen LogP contribution in [0.3, 0.4) is 0 Å². The van der Waals surface area contributed by atoms with Crippen LogP contribution in [0.1, 0.15) is 32.6 Å². The van der Waals surface area contributed by atoms with E-state index < -0.39 is 20.2 Å². The first-order valence-electron chi connectivity index (χ1n) is 20.3. The molecule has 12 rings (SSSR count). The van der Waals surface area contributed by atoms with Gasteiger partial charge in [-0.2, -0.15) is 31.9 Å². The van der Waals surface area contributed by atoms with Gasteiger partial charge < -0.3 is 0 Å². The average Bonchev–Trinajstić information content (AvgIpc) is 4.16. The number of aryl methyl sites for hydroxylation is 1. The molecule has 0 fully saturated rings. The van der Waals surface area contributed by atoms with E-state index >= 15 is 0 Å². The maximum Gasteiger partial charge on any atom is 0.295 e. The molecule has 0 spiro atoms. The maximum absolute atomic E-state index is 14.1. The molecule has 0 radical (unpaired) electrons. The number of hydrogen-bond acceptors (Lipinski definition) is 7. The first kappa shape index (κ1) is 38.6. The quantitative estimate of drug-likeness (QED) is 0.0594. The average molecular weight is 897 g/mol. The third-order valence-electron chi connectivity index (χ3n) is 11.9. The molecule has 0 atom stereocenters. The normalized spacial score (nSPS) is 13.0. The van der Waals surface area contributed by atoms with E-state index in [9.17, 15) is 30.7 Å². The summed E-state index contributed by atoms with van der Waals surface area (Å²) in [6.07, 6.45) is 3.38. The van der Waals surface area contributed by atoms with E-state index in [2.05, 4.69) is 10.2 Å². The van der Waals surface area contributed by atoms with Gasteiger partial charge in [0.2, 0.25) is 0 Å². The van der Waals surface area contributed by atoms with Gasteiger partial charge in [-0.25, -0.2) is 0 Å². The molecule has 0 aliphatic carbocycles. The number of aromatic nitrogens is 6. The predicted molar refractivity (Wildman–Crippen MR) is 247 cm³/mol. The summed E-state index contributed by atoms with van der Waals surface area (Å²) in [5.41, 5.74) is 8.65. The summed E-state index contributed by atoms with van der Waals surface area (Å²) < 4.78 is 76.5. The highest BCUT2D eigenvalue weighted by atomic mass is 32.2. The minimum atomic E-state index is -4.58. The Hall–Kier alpha value is -8.09. The summed E-state index contributed by atoms with van der Waals surface area (Å²) >= 11 is 0. The second-order valence-corrected chi connectivity index (χ2v) is 18.7. The van der Waals surface area contributed by atoms with Crippen molar-refractivity contribution in [2.45, 2.75) is 16.7 Å². The van der Waals surface area contributed by atoms with Crippen LogP contribution in [-0.4, -0.2) is 59.8 Å². The molecule has 0 aliphatic heterocycles. The van der Waals surface area contributed by atoms with Crippen molar-refractivity contribution in [1.29, 1.82) is 0 Å². The molecular weight excluding hydrogens is 865 g/mol. The Morgan fingerprint density at radius 3 is 2.00 bits per heavy atom. The standard InChI is InChI=1S/C48H32N8O7S2/c1-29-25-44(54-53-43-24-17-34-26-37(64(58,59)60)21-22-39(34)47(43)56(53)54)40(48(57)33-8-3-2-4-9-33)28-41(29)50-49-35-18-12-30(13-19-35)11-14-32-15-20-36(27-45(32)65(61,62)63)51-52-42-23-16-31-7-5-6-10-38(31)46(42)55(51)52/h2-28H,1H3,(H,58,59,60)(H,61,62,63). The van der Waals surface area contributed by atoms with E-state index in [1.54, 1.807) is 78.9 Å². The number of rotatable bonds is 10. The maximum atomic E-state index is 14.1. The lowest BCUT2D eigenvalue weighted by atomic mass is 9.99. The summed E-state index contributed by atoms with van der Waals surface area (Å²) in [5, 5.41) is 12.7. The highest BCUT2D eigenvalue weighted by Gasteiger charge is 2.31. The lowest BCUT2D eigenvalue weighted by molar-refractivity contribution is 0.103. The van der Waals surface area contributed by atoms with E-state index in [0.717, 1.165) is 49.4 Å². The van der Waals surface area contributed by atoms with Crippen LogP contribution in [-0.2, 0) is 20.2 Å². The van der Waals surface area contributed by atoms with E-state index in [-0.39, 0.29) is 15.6 Å². The van der Waals surface area contributed by atoms with Gasteiger partial charge in [-0.3, -0.25) is 13.9 Å². The van der Waals surface area contributed by atoms with Crippen LogP contribution >= 0.6 is 0 Å². The second kappa shape index (κ2) is 13.7. The Kier molecular flexibility index (Phi) is 8.13. The molecule has 12 aromatic rings. The van der Waals surface area contributed by atoms with Crippen molar-refractivity contribution in [3.63, 3.8) is 0 Å². The fourth-order valence-corrected chi connectivity index (χ4v) is 9.86. The number of benzene rings is 8. The van der Waals surface area contributed by atoms with Crippen LogP contribution < -0.4 is 0 Å². The zero-order chi connectivity index (χ0) is 44.5. The third-order valence-corrected chi connectivity index (χ3v) is 13.7. The Bertz CT molecular complexity index is 4200. The molecule has 65 heavy (non-hydrogen) atoms. The van der Waals surface area contributed by atoms with Crippen molar-refractivity contribution in [2.24, 2.45) is 10.2 Å². The van der Waals surface area contributed by atoms with Crippen molar-refractivity contribution in [2.75, 3.05) is 0 Å². The number of nitrogens with zero attached hydrogens (tertiary/aromatic N) is 8. The van der Waals surface area contributed by atoms with Gasteiger partial charge in [0.25, 0.3) is 20.2 Å². The van der Waals surface area contributed by atoms with Crippen molar-refractivity contribution in [3.05, 3.63) is 179 Å². The SMILES string of the molecule is Cc1cc(-n2n3c4ccc5cc(S(=O)(=O)O)ccc5c4n23)c(C(=O)c2ccccc2)cc1N=Nc1ccc(C=Cc2ccc(-n3n4c5ccc6ccccc6c5n34)cc2S(=O)(=O)O)cc1. The van der Waals surface area contributed by atoms with Crippen LogP contribution in [0.2, 0.25) is 0 Å². The van der Waals surface area contributed by atoms with Crippen LogP contribution in [0.25, 0.3) is 67.1 Å². The van der Waals surface area contributed by atoms with Gasteiger partial charge in [0.15, 0.2) is 5.78 Å². The summed E-state index contributed by atoms with van der Waals surface area (Å²) in [4.78, 5) is 17.5. The molecule has 0 unspecified atom stereocenters. The van der Waals surface area contributed by atoms with Gasteiger partial charge in [-0.1, -0.05) is 103 Å². The van der Waals surface area contributed by atoms with Gasteiger partial charge >= 0.3 is 0 Å². The summed E-state index contributed by atoms with van der Waals surface area (Å²) in [6, 6.07) is 44.9. The molecule has 318 valence electrons. The van der Waals surface area contributed by atoms with Crippen LogP contribution in [0.15, 0.2) is 172 Å². The minimum Gasteiger partial charge on any atom is -0.289 e. The monoisotopic (exact) mass is 896 g/mol. The number of ketones is 1. The third kappa shape index (κ3) is 6.12. The minimum absolute atomic E-state index is 0.196. The smallest absolute Gasteiger partial charge is 0.289 e. The Labute approximate surface area is 368 Å². The molecule has 2 N–H and O–H groups in total. The second-order valence-electron chi connectivity index (χ2n) is 15.9. The lowest BCUT2D eigenvalue weighted by Gasteiger charge is -2.09. The van der Waals surface area contributed by atoms with Crippen molar-refractivity contribution < 1.29 is 30.7 Å². The number of azo groups is 1. The molecule has 0 saturated heterocycles. The Morgan fingerprint density at radius 2 is 1.26 bits per heavy atom. The molecule has 0 amide bonds. The topological polar surface area (TPSA) is 178 Å². The predicted octanol–water partition coefficient (Wildman–Crippen LogP) is 10.1. The first-order chi connectivity index (χ1) is 31.3. The zero-order valence-corrected chi connectivity index (χ0v) is 35.6.